The molecule has 4 heteroatoms. The van der Waals surface area contributed by atoms with Crippen LogP contribution in [-0.2, 0) is 9.53 Å². The van der Waals surface area contributed by atoms with E-state index < -0.39 is 0 Å². The van der Waals surface area contributed by atoms with E-state index in [0.717, 1.165) is 25.9 Å². The lowest BCUT2D eigenvalue weighted by molar-refractivity contribution is -0.153. The molecule has 0 radical (unpaired) electrons. The van der Waals surface area contributed by atoms with Crippen LogP contribution in [0, 0.1) is 5.92 Å². The van der Waals surface area contributed by atoms with Crippen LogP contribution in [0.5, 0.6) is 0 Å². The monoisotopic (exact) mass is 291 g/mol. The van der Waals surface area contributed by atoms with E-state index in [9.17, 15) is 4.79 Å². The van der Waals surface area contributed by atoms with Gasteiger partial charge in [-0.05, 0) is 19.2 Å². The third kappa shape index (κ3) is 2.47. The largest absolute Gasteiger partial charge is 0.458 e. The number of piperidine rings is 1. The second kappa shape index (κ2) is 5.41. The highest BCUT2D eigenvalue weighted by Gasteiger charge is 2.54. The van der Waals surface area contributed by atoms with Crippen LogP contribution < -0.4 is 0 Å². The molecule has 0 aliphatic carbocycles. The fraction of sp³-hybridized carbons (Fsp3) is 0.562. The summed E-state index contributed by atoms with van der Waals surface area (Å²) in [4.78, 5) is 15.6. The maximum atomic E-state index is 12.1. The van der Waals surface area contributed by atoms with Gasteiger partial charge in [0.25, 0.3) is 0 Å². The van der Waals surface area contributed by atoms with Gasteiger partial charge in [-0.3, -0.25) is 4.79 Å². The summed E-state index contributed by atoms with van der Waals surface area (Å²) >= 11 is 1.81. The van der Waals surface area contributed by atoms with Gasteiger partial charge in [0, 0.05) is 30.8 Å². The first kappa shape index (κ1) is 14.0. The number of benzene rings is 1. The number of ether oxygens (including phenoxy) is 1. The molecule has 0 amide bonds. The minimum atomic E-state index is -0.260. The van der Waals surface area contributed by atoms with Crippen molar-refractivity contribution in [2.24, 2.45) is 5.92 Å². The standard InChI is InChI=1S/C16H21NO2S/c1-12-14(20-13-6-4-3-5-7-13)16(19-15(12)18)8-10-17(2)11-9-16/h3-7,12,14H,8-11H2,1-2H3/t12-,14-/m0/s1. The molecule has 20 heavy (non-hydrogen) atoms. The van der Waals surface area contributed by atoms with Gasteiger partial charge in [0.05, 0.1) is 11.2 Å². The van der Waals surface area contributed by atoms with Crippen LogP contribution in [0.1, 0.15) is 19.8 Å². The average Bonchev–Trinajstić information content (AvgIpc) is 2.68. The number of thioether (sulfide) groups is 1. The van der Waals surface area contributed by atoms with Gasteiger partial charge in [-0.2, -0.15) is 0 Å². The number of carbonyl (C=O) groups excluding carboxylic acids is 1. The van der Waals surface area contributed by atoms with Gasteiger partial charge in [0.2, 0.25) is 0 Å². The maximum absolute atomic E-state index is 12.1. The van der Waals surface area contributed by atoms with Crippen LogP contribution in [-0.4, -0.2) is 41.9 Å². The Bertz CT molecular complexity index is 483. The fourth-order valence-corrected chi connectivity index (χ4v) is 4.59. The van der Waals surface area contributed by atoms with Crippen LogP contribution in [0.4, 0.5) is 0 Å². The molecule has 2 saturated heterocycles. The van der Waals surface area contributed by atoms with E-state index in [4.69, 9.17) is 4.74 Å². The van der Waals surface area contributed by atoms with Crippen molar-refractivity contribution in [1.82, 2.24) is 4.90 Å². The molecule has 0 unspecified atom stereocenters. The second-order valence-corrected chi connectivity index (χ2v) is 7.14. The summed E-state index contributed by atoms with van der Waals surface area (Å²) in [7, 11) is 2.13. The van der Waals surface area contributed by atoms with E-state index >= 15 is 0 Å². The van der Waals surface area contributed by atoms with Crippen molar-refractivity contribution in [1.29, 1.82) is 0 Å². The molecule has 2 atom stereocenters. The molecule has 1 aromatic carbocycles. The summed E-state index contributed by atoms with van der Waals surface area (Å²) in [6, 6.07) is 10.3. The van der Waals surface area contributed by atoms with Gasteiger partial charge in [-0.1, -0.05) is 25.1 Å². The topological polar surface area (TPSA) is 29.5 Å². The SMILES string of the molecule is C[C@@H]1C(=O)OC2(CCN(C)CC2)[C@H]1Sc1ccccc1. The van der Waals surface area contributed by atoms with E-state index in [0.29, 0.717) is 0 Å². The Hall–Kier alpha value is -1.00. The molecule has 1 spiro atoms. The van der Waals surface area contributed by atoms with Crippen LogP contribution in [0.3, 0.4) is 0 Å². The normalized spacial score (nSPS) is 29.6. The number of esters is 1. The Morgan fingerprint density at radius 2 is 1.90 bits per heavy atom. The Labute approximate surface area is 124 Å². The smallest absolute Gasteiger partial charge is 0.310 e. The third-order valence-electron chi connectivity index (χ3n) is 4.49. The van der Waals surface area contributed by atoms with Gasteiger partial charge in [0.1, 0.15) is 5.60 Å². The lowest BCUT2D eigenvalue weighted by Gasteiger charge is -2.40. The zero-order chi connectivity index (χ0) is 14.2. The van der Waals surface area contributed by atoms with Crippen LogP contribution >= 0.6 is 11.8 Å². The lowest BCUT2D eigenvalue weighted by Crippen LogP contribution is -2.48. The summed E-state index contributed by atoms with van der Waals surface area (Å²) in [5, 5.41) is 0.228. The number of hydrogen-bond donors (Lipinski definition) is 0. The van der Waals surface area contributed by atoms with Crippen molar-refractivity contribution < 1.29 is 9.53 Å². The molecule has 2 fully saturated rings. The zero-order valence-electron chi connectivity index (χ0n) is 12.0. The molecule has 2 heterocycles. The Balaban J connectivity index is 1.83. The summed E-state index contributed by atoms with van der Waals surface area (Å²) < 4.78 is 5.85. The highest BCUT2D eigenvalue weighted by molar-refractivity contribution is 8.00. The van der Waals surface area contributed by atoms with Gasteiger partial charge in [-0.15, -0.1) is 11.8 Å². The first-order chi connectivity index (χ1) is 9.61. The molecule has 3 nitrogen and oxygen atoms in total. The predicted octanol–water partition coefficient (Wildman–Crippen LogP) is 2.80. The molecular weight excluding hydrogens is 270 g/mol. The first-order valence-corrected chi connectivity index (χ1v) is 8.12. The second-order valence-electron chi connectivity index (χ2n) is 5.93. The van der Waals surface area contributed by atoms with Gasteiger partial charge in [0.15, 0.2) is 0 Å². The number of hydrogen-bond acceptors (Lipinski definition) is 4. The molecule has 2 aliphatic rings. The predicted molar refractivity (Wildman–Crippen MR) is 80.8 cm³/mol. The Kier molecular flexibility index (Phi) is 3.78. The van der Waals surface area contributed by atoms with Crippen molar-refractivity contribution in [3.63, 3.8) is 0 Å². The van der Waals surface area contributed by atoms with Crippen molar-refractivity contribution in [2.75, 3.05) is 20.1 Å². The Morgan fingerprint density at radius 3 is 2.55 bits per heavy atom. The summed E-state index contributed by atoms with van der Waals surface area (Å²) in [5.74, 6) is -0.0494. The number of nitrogens with zero attached hydrogens (tertiary/aromatic N) is 1. The summed E-state index contributed by atoms with van der Waals surface area (Å²) in [6.07, 6.45) is 1.90. The number of rotatable bonds is 2. The van der Waals surface area contributed by atoms with E-state index in [1.165, 1.54) is 4.90 Å². The maximum Gasteiger partial charge on any atom is 0.310 e. The fourth-order valence-electron chi connectivity index (χ4n) is 3.17. The van der Waals surface area contributed by atoms with Gasteiger partial charge >= 0.3 is 5.97 Å². The van der Waals surface area contributed by atoms with Crippen molar-refractivity contribution >= 4 is 17.7 Å². The van der Waals surface area contributed by atoms with E-state index in [1.807, 2.05) is 25.1 Å². The minimum Gasteiger partial charge on any atom is -0.458 e. The molecule has 0 aromatic heterocycles. The highest BCUT2D eigenvalue weighted by atomic mass is 32.2. The molecule has 0 saturated carbocycles. The van der Waals surface area contributed by atoms with Crippen molar-refractivity contribution in [3.8, 4) is 0 Å². The molecule has 2 aliphatic heterocycles. The average molecular weight is 291 g/mol. The summed E-state index contributed by atoms with van der Waals surface area (Å²) in [5.41, 5.74) is -0.260. The van der Waals surface area contributed by atoms with E-state index in [-0.39, 0.29) is 22.7 Å². The summed E-state index contributed by atoms with van der Waals surface area (Å²) in [6.45, 7) is 4.02. The van der Waals surface area contributed by atoms with Crippen molar-refractivity contribution in [3.05, 3.63) is 30.3 Å². The van der Waals surface area contributed by atoms with Crippen LogP contribution in [0.15, 0.2) is 35.2 Å². The minimum absolute atomic E-state index is 0.0244. The van der Waals surface area contributed by atoms with Crippen LogP contribution in [0.2, 0.25) is 0 Å². The number of carbonyl (C=O) groups is 1. The highest BCUT2D eigenvalue weighted by Crippen LogP contribution is 2.47. The van der Waals surface area contributed by atoms with Gasteiger partial charge < -0.3 is 9.64 Å². The van der Waals surface area contributed by atoms with Gasteiger partial charge in [-0.25, -0.2) is 0 Å². The Morgan fingerprint density at radius 1 is 1.25 bits per heavy atom. The van der Waals surface area contributed by atoms with E-state index in [1.54, 1.807) is 11.8 Å². The molecule has 1 aromatic rings. The third-order valence-corrected chi connectivity index (χ3v) is 6.12. The van der Waals surface area contributed by atoms with Crippen molar-refractivity contribution in [2.45, 2.75) is 35.5 Å². The zero-order valence-corrected chi connectivity index (χ0v) is 12.9. The number of likely N-dealkylation sites (tertiary alicyclic amines) is 1. The first-order valence-electron chi connectivity index (χ1n) is 7.24. The van der Waals surface area contributed by atoms with Crippen LogP contribution in [0.25, 0.3) is 0 Å². The lowest BCUT2D eigenvalue weighted by atomic mass is 9.85. The molecule has 108 valence electrons. The molecule has 0 bridgehead atoms. The molecular formula is C16H21NO2S. The molecule has 0 N–H and O–H groups in total. The quantitative estimate of drug-likeness (QED) is 0.784. The molecule has 3 rings (SSSR count). The van der Waals surface area contributed by atoms with E-state index in [2.05, 4.69) is 24.1 Å².